The number of piperidine rings is 1. The highest BCUT2D eigenvalue weighted by Gasteiger charge is 2.20. The smallest absolute Gasteiger partial charge is 0.320 e. The fourth-order valence-corrected chi connectivity index (χ4v) is 2.61. The monoisotopic (exact) mass is 306 g/mol. The van der Waals surface area contributed by atoms with Gasteiger partial charge in [0.25, 0.3) is 0 Å². The van der Waals surface area contributed by atoms with E-state index in [1.165, 1.54) is 0 Å². The molecule has 122 valence electrons. The summed E-state index contributed by atoms with van der Waals surface area (Å²) >= 11 is 0. The number of aromatic nitrogens is 1. The van der Waals surface area contributed by atoms with Gasteiger partial charge in [0.05, 0.1) is 0 Å². The van der Waals surface area contributed by atoms with Gasteiger partial charge in [0.15, 0.2) is 0 Å². The summed E-state index contributed by atoms with van der Waals surface area (Å²) in [6.07, 6.45) is 4.78. The molecule has 6 nitrogen and oxygen atoms in total. The Morgan fingerprint density at radius 2 is 2.18 bits per heavy atom. The van der Waals surface area contributed by atoms with Crippen LogP contribution < -0.4 is 10.6 Å². The first kappa shape index (κ1) is 16.7. The van der Waals surface area contributed by atoms with Crippen molar-refractivity contribution < 1.29 is 9.53 Å². The van der Waals surface area contributed by atoms with E-state index in [1.54, 1.807) is 13.3 Å². The minimum Gasteiger partial charge on any atom is -0.385 e. The standard InChI is InChI=1S/C16H26N4O2/c1-13-4-5-15(17-12-13)19-16(21)18-14-6-9-20(10-7-14)8-3-11-22-2/h4-5,12,14H,3,6-11H2,1-2H3,(H2,17,18,19,21). The van der Waals surface area contributed by atoms with E-state index in [0.717, 1.165) is 51.1 Å². The predicted molar refractivity (Wildman–Crippen MR) is 87.1 cm³/mol. The zero-order valence-corrected chi connectivity index (χ0v) is 13.5. The van der Waals surface area contributed by atoms with E-state index in [4.69, 9.17) is 4.74 Å². The molecule has 6 heteroatoms. The second-order valence-electron chi connectivity index (χ2n) is 5.78. The molecule has 0 atom stereocenters. The summed E-state index contributed by atoms with van der Waals surface area (Å²) in [5.74, 6) is 0.583. The van der Waals surface area contributed by atoms with Crippen molar-refractivity contribution in [1.29, 1.82) is 0 Å². The van der Waals surface area contributed by atoms with Gasteiger partial charge >= 0.3 is 6.03 Å². The van der Waals surface area contributed by atoms with Crippen molar-refractivity contribution in [3.8, 4) is 0 Å². The summed E-state index contributed by atoms with van der Waals surface area (Å²) in [6, 6.07) is 3.81. The molecule has 22 heavy (non-hydrogen) atoms. The minimum absolute atomic E-state index is 0.172. The van der Waals surface area contributed by atoms with Crippen molar-refractivity contribution in [2.45, 2.75) is 32.2 Å². The fourth-order valence-electron chi connectivity index (χ4n) is 2.61. The third-order valence-electron chi connectivity index (χ3n) is 3.90. The number of hydrogen-bond donors (Lipinski definition) is 2. The number of nitrogens with one attached hydrogen (secondary N) is 2. The van der Waals surface area contributed by atoms with Gasteiger partial charge in [0.2, 0.25) is 0 Å². The van der Waals surface area contributed by atoms with Crippen LogP contribution in [0.3, 0.4) is 0 Å². The Balaban J connectivity index is 1.67. The van der Waals surface area contributed by atoms with Gasteiger partial charge in [0, 0.05) is 45.6 Å². The van der Waals surface area contributed by atoms with Crippen LogP contribution in [0.1, 0.15) is 24.8 Å². The van der Waals surface area contributed by atoms with Crippen LogP contribution in [0, 0.1) is 6.92 Å². The highest BCUT2D eigenvalue weighted by Crippen LogP contribution is 2.11. The molecule has 0 bridgehead atoms. The highest BCUT2D eigenvalue weighted by molar-refractivity contribution is 5.88. The Hall–Kier alpha value is -1.66. The zero-order valence-electron chi connectivity index (χ0n) is 13.5. The maximum Gasteiger partial charge on any atom is 0.320 e. The van der Waals surface area contributed by atoms with Crippen molar-refractivity contribution >= 4 is 11.8 Å². The van der Waals surface area contributed by atoms with Crippen LogP contribution in [0.15, 0.2) is 18.3 Å². The lowest BCUT2D eigenvalue weighted by Crippen LogP contribution is -2.46. The normalized spacial score (nSPS) is 16.5. The van der Waals surface area contributed by atoms with Gasteiger partial charge in [-0.2, -0.15) is 0 Å². The lowest BCUT2D eigenvalue weighted by atomic mass is 10.1. The molecular formula is C16H26N4O2. The van der Waals surface area contributed by atoms with Gasteiger partial charge in [-0.1, -0.05) is 6.07 Å². The van der Waals surface area contributed by atoms with E-state index in [9.17, 15) is 4.79 Å². The zero-order chi connectivity index (χ0) is 15.8. The Labute approximate surface area is 132 Å². The van der Waals surface area contributed by atoms with E-state index >= 15 is 0 Å². The molecule has 2 amide bonds. The molecule has 1 aliphatic rings. The number of ether oxygens (including phenoxy) is 1. The Morgan fingerprint density at radius 1 is 1.41 bits per heavy atom. The molecule has 1 fully saturated rings. The predicted octanol–water partition coefficient (Wildman–Crippen LogP) is 2.01. The number of urea groups is 1. The van der Waals surface area contributed by atoms with E-state index < -0.39 is 0 Å². The summed E-state index contributed by atoms with van der Waals surface area (Å²) in [7, 11) is 1.73. The number of pyridine rings is 1. The molecule has 2 N–H and O–H groups in total. The van der Waals surface area contributed by atoms with Gasteiger partial charge < -0.3 is 15.0 Å². The number of rotatable bonds is 6. The first-order chi connectivity index (χ1) is 10.7. The third kappa shape index (κ3) is 5.61. The summed E-state index contributed by atoms with van der Waals surface area (Å²) in [5, 5.41) is 5.81. The van der Waals surface area contributed by atoms with Gasteiger partial charge in [-0.15, -0.1) is 0 Å². The number of aryl methyl sites for hydroxylation is 1. The average molecular weight is 306 g/mol. The maximum atomic E-state index is 12.0. The van der Waals surface area contributed by atoms with Gasteiger partial charge in [-0.3, -0.25) is 5.32 Å². The number of methoxy groups -OCH3 is 1. The van der Waals surface area contributed by atoms with Crippen LogP contribution in [-0.4, -0.2) is 55.3 Å². The first-order valence-electron chi connectivity index (χ1n) is 7.89. The van der Waals surface area contributed by atoms with Crippen LogP contribution in [-0.2, 0) is 4.74 Å². The number of hydrogen-bond acceptors (Lipinski definition) is 4. The summed E-state index contributed by atoms with van der Waals surface area (Å²) in [5.41, 5.74) is 1.08. The van der Waals surface area contributed by atoms with Crippen LogP contribution in [0.4, 0.5) is 10.6 Å². The van der Waals surface area contributed by atoms with E-state index in [-0.39, 0.29) is 12.1 Å². The summed E-state index contributed by atoms with van der Waals surface area (Å²) < 4.78 is 5.07. The third-order valence-corrected chi connectivity index (χ3v) is 3.90. The number of carbonyl (C=O) groups excluding carboxylic acids is 1. The highest BCUT2D eigenvalue weighted by atomic mass is 16.5. The number of amides is 2. The fraction of sp³-hybridized carbons (Fsp3) is 0.625. The van der Waals surface area contributed by atoms with E-state index in [1.807, 2.05) is 19.1 Å². The Kier molecular flexibility index (Phi) is 6.61. The van der Waals surface area contributed by atoms with E-state index in [0.29, 0.717) is 5.82 Å². The second-order valence-corrected chi connectivity index (χ2v) is 5.78. The molecule has 1 aromatic heterocycles. The SMILES string of the molecule is COCCCN1CCC(NC(=O)Nc2ccc(C)cn2)CC1. The van der Waals surface area contributed by atoms with Crippen LogP contribution in [0.2, 0.25) is 0 Å². The summed E-state index contributed by atoms with van der Waals surface area (Å²) in [6.45, 7) is 5.90. The maximum absolute atomic E-state index is 12.0. The quantitative estimate of drug-likeness (QED) is 0.789. The molecule has 2 heterocycles. The van der Waals surface area contributed by atoms with Crippen LogP contribution in [0.25, 0.3) is 0 Å². The molecular weight excluding hydrogens is 280 g/mol. The number of nitrogens with zero attached hydrogens (tertiary/aromatic N) is 2. The molecule has 0 spiro atoms. The number of anilines is 1. The number of likely N-dealkylation sites (tertiary alicyclic amines) is 1. The molecule has 0 aliphatic carbocycles. The van der Waals surface area contributed by atoms with Crippen LogP contribution in [0.5, 0.6) is 0 Å². The van der Waals surface area contributed by atoms with Crippen molar-refractivity contribution in [2.24, 2.45) is 0 Å². The Bertz CT molecular complexity index is 456. The molecule has 0 saturated carbocycles. The largest absolute Gasteiger partial charge is 0.385 e. The molecule has 2 rings (SSSR count). The van der Waals surface area contributed by atoms with Crippen molar-refractivity contribution in [1.82, 2.24) is 15.2 Å². The average Bonchev–Trinajstić information content (AvgIpc) is 2.51. The van der Waals surface area contributed by atoms with Crippen molar-refractivity contribution in [3.05, 3.63) is 23.9 Å². The molecule has 1 saturated heterocycles. The van der Waals surface area contributed by atoms with Gasteiger partial charge in [0.1, 0.15) is 5.82 Å². The number of carbonyl (C=O) groups is 1. The Morgan fingerprint density at radius 3 is 2.82 bits per heavy atom. The van der Waals surface area contributed by atoms with Gasteiger partial charge in [-0.05, 0) is 37.8 Å². The first-order valence-corrected chi connectivity index (χ1v) is 7.89. The second kappa shape index (κ2) is 8.70. The molecule has 0 unspecified atom stereocenters. The lowest BCUT2D eigenvalue weighted by molar-refractivity contribution is 0.153. The lowest BCUT2D eigenvalue weighted by Gasteiger charge is -2.32. The molecule has 0 aromatic carbocycles. The minimum atomic E-state index is -0.172. The van der Waals surface area contributed by atoms with Crippen molar-refractivity contribution in [3.63, 3.8) is 0 Å². The van der Waals surface area contributed by atoms with Gasteiger partial charge in [-0.25, -0.2) is 9.78 Å². The molecule has 1 aliphatic heterocycles. The van der Waals surface area contributed by atoms with Crippen LogP contribution >= 0.6 is 0 Å². The van der Waals surface area contributed by atoms with E-state index in [2.05, 4.69) is 20.5 Å². The topological polar surface area (TPSA) is 66.5 Å². The molecule has 0 radical (unpaired) electrons. The van der Waals surface area contributed by atoms with Crippen molar-refractivity contribution in [2.75, 3.05) is 38.7 Å². The molecule has 1 aromatic rings. The summed E-state index contributed by atoms with van der Waals surface area (Å²) in [4.78, 5) is 18.6.